The molecule has 1 unspecified atom stereocenters. The summed E-state index contributed by atoms with van der Waals surface area (Å²) in [6, 6.07) is 9.87. The van der Waals surface area contributed by atoms with Gasteiger partial charge in [0, 0.05) is 11.6 Å². The Bertz CT molecular complexity index is 1030. The first-order valence-corrected chi connectivity index (χ1v) is 9.86. The largest absolute Gasteiger partial charge is 0.497 e. The van der Waals surface area contributed by atoms with Gasteiger partial charge in [0.1, 0.15) is 5.75 Å². The molecule has 0 spiro atoms. The number of nitrogens with zero attached hydrogens (tertiary/aromatic N) is 2. The van der Waals surface area contributed by atoms with Crippen molar-refractivity contribution in [3.63, 3.8) is 0 Å². The molecule has 2 saturated carbocycles. The smallest absolute Gasteiger partial charge is 0.259 e. The highest BCUT2D eigenvalue weighted by Gasteiger charge is 2.35. The first-order chi connectivity index (χ1) is 13.6. The molecule has 2 aliphatic rings. The summed E-state index contributed by atoms with van der Waals surface area (Å²) in [5.41, 5.74) is 3.80. The average Bonchev–Trinajstić information content (AvgIpc) is 3.63. The van der Waals surface area contributed by atoms with Gasteiger partial charge in [-0.1, -0.05) is 17.3 Å². The molecule has 144 valence electrons. The third-order valence-corrected chi connectivity index (χ3v) is 5.73. The lowest BCUT2D eigenvalue weighted by Gasteiger charge is -2.19. The Balaban J connectivity index is 1.48. The van der Waals surface area contributed by atoms with Crippen molar-refractivity contribution in [2.45, 2.75) is 44.6 Å². The Morgan fingerprint density at radius 2 is 1.96 bits per heavy atom. The summed E-state index contributed by atoms with van der Waals surface area (Å²) in [5, 5.41) is 8.01. The van der Waals surface area contributed by atoms with E-state index in [9.17, 15) is 4.79 Å². The lowest BCUT2D eigenvalue weighted by molar-refractivity contribution is 0.0933. The van der Waals surface area contributed by atoms with Crippen molar-refractivity contribution in [1.82, 2.24) is 15.5 Å². The van der Waals surface area contributed by atoms with Gasteiger partial charge >= 0.3 is 0 Å². The number of carbonyl (C=O) groups excluding carboxylic acids is 1. The summed E-state index contributed by atoms with van der Waals surface area (Å²) < 4.78 is 10.6. The molecule has 6 nitrogen and oxygen atoms in total. The second-order valence-corrected chi connectivity index (χ2v) is 7.88. The van der Waals surface area contributed by atoms with Gasteiger partial charge in [0.05, 0.1) is 29.8 Å². The molecule has 5 rings (SSSR count). The molecule has 1 N–H and O–H groups in total. The fraction of sp³-hybridized carbons (Fsp3) is 0.409. The van der Waals surface area contributed by atoms with Crippen LogP contribution in [-0.4, -0.2) is 23.2 Å². The number of aryl methyl sites for hydroxylation is 1. The number of methoxy groups -OCH3 is 1. The topological polar surface area (TPSA) is 77.2 Å². The van der Waals surface area contributed by atoms with Crippen LogP contribution in [-0.2, 0) is 0 Å². The molecule has 2 aromatic heterocycles. The number of carbonyl (C=O) groups is 1. The van der Waals surface area contributed by atoms with E-state index in [1.165, 1.54) is 0 Å². The molecule has 1 aromatic carbocycles. The van der Waals surface area contributed by atoms with Gasteiger partial charge < -0.3 is 14.6 Å². The Morgan fingerprint density at radius 1 is 1.21 bits per heavy atom. The predicted molar refractivity (Wildman–Crippen MR) is 104 cm³/mol. The number of benzene rings is 1. The van der Waals surface area contributed by atoms with Gasteiger partial charge in [-0.25, -0.2) is 4.98 Å². The molecule has 0 saturated heterocycles. The summed E-state index contributed by atoms with van der Waals surface area (Å²) in [5.74, 6) is 1.63. The number of pyridine rings is 1. The van der Waals surface area contributed by atoms with Gasteiger partial charge in [0.15, 0.2) is 0 Å². The normalized spacial score (nSPS) is 17.5. The molecule has 28 heavy (non-hydrogen) atoms. The van der Waals surface area contributed by atoms with E-state index < -0.39 is 0 Å². The number of ether oxygens (including phenoxy) is 1. The van der Waals surface area contributed by atoms with Gasteiger partial charge in [-0.3, -0.25) is 4.79 Å². The number of aromatic nitrogens is 2. The van der Waals surface area contributed by atoms with Gasteiger partial charge in [-0.05, 0) is 62.3 Å². The summed E-state index contributed by atoms with van der Waals surface area (Å²) in [6.45, 7) is 1.85. The van der Waals surface area contributed by atoms with Crippen LogP contribution < -0.4 is 10.1 Å². The predicted octanol–water partition coefficient (Wildman–Crippen LogP) is 4.30. The summed E-state index contributed by atoms with van der Waals surface area (Å²) in [7, 11) is 1.66. The monoisotopic (exact) mass is 377 g/mol. The first-order valence-electron chi connectivity index (χ1n) is 9.86. The number of amides is 1. The van der Waals surface area contributed by atoms with Crippen molar-refractivity contribution >= 4 is 17.0 Å². The minimum atomic E-state index is -0.0895. The minimum Gasteiger partial charge on any atom is -0.497 e. The third kappa shape index (κ3) is 3.13. The van der Waals surface area contributed by atoms with Gasteiger partial charge in [-0.2, -0.15) is 0 Å². The van der Waals surface area contributed by atoms with Crippen LogP contribution >= 0.6 is 0 Å². The van der Waals surface area contributed by atoms with Crippen LogP contribution in [0.25, 0.3) is 11.1 Å². The van der Waals surface area contributed by atoms with Crippen molar-refractivity contribution in [2.75, 3.05) is 7.11 Å². The summed E-state index contributed by atoms with van der Waals surface area (Å²) in [4.78, 5) is 17.9. The number of rotatable bonds is 6. The SMILES string of the molecule is COc1ccc(C(NC(=O)c2cc(C3CC3)nc3onc(C)c23)C2CC2)cc1. The van der Waals surface area contributed by atoms with Crippen LogP contribution in [0.5, 0.6) is 5.75 Å². The first kappa shape index (κ1) is 17.2. The molecule has 2 fully saturated rings. The van der Waals surface area contributed by atoms with Gasteiger partial charge in [0.2, 0.25) is 0 Å². The quantitative estimate of drug-likeness (QED) is 0.693. The van der Waals surface area contributed by atoms with Crippen LogP contribution in [0.2, 0.25) is 0 Å². The second-order valence-electron chi connectivity index (χ2n) is 7.88. The molecular formula is C22H23N3O3. The number of fused-ring (bicyclic) bond motifs is 1. The molecular weight excluding hydrogens is 354 g/mol. The standard InChI is InChI=1S/C22H23N3O3/c1-12-19-17(11-18(13-3-4-13)23-22(19)28-25-12)21(26)24-20(14-5-6-14)15-7-9-16(27-2)10-8-15/h7-11,13-14,20H,3-6H2,1-2H3,(H,24,26). The zero-order chi connectivity index (χ0) is 19.3. The third-order valence-electron chi connectivity index (χ3n) is 5.73. The van der Waals surface area contributed by atoms with Crippen LogP contribution in [0.1, 0.15) is 65.0 Å². The highest BCUT2D eigenvalue weighted by atomic mass is 16.5. The zero-order valence-electron chi connectivity index (χ0n) is 16.1. The molecule has 1 amide bonds. The number of hydrogen-bond donors (Lipinski definition) is 1. The fourth-order valence-corrected chi connectivity index (χ4v) is 3.81. The van der Waals surface area contributed by atoms with E-state index in [4.69, 9.17) is 9.26 Å². The van der Waals surface area contributed by atoms with Gasteiger partial charge in [-0.15, -0.1) is 0 Å². The van der Waals surface area contributed by atoms with Crippen molar-refractivity contribution in [1.29, 1.82) is 0 Å². The molecule has 0 bridgehead atoms. The van der Waals surface area contributed by atoms with Crippen molar-refractivity contribution < 1.29 is 14.1 Å². The Hall–Kier alpha value is -2.89. The Kier molecular flexibility index (Phi) is 4.07. The lowest BCUT2D eigenvalue weighted by Crippen LogP contribution is -2.30. The van der Waals surface area contributed by atoms with E-state index in [1.807, 2.05) is 37.3 Å². The van der Waals surface area contributed by atoms with E-state index in [-0.39, 0.29) is 11.9 Å². The van der Waals surface area contributed by atoms with E-state index >= 15 is 0 Å². The van der Waals surface area contributed by atoms with E-state index in [0.717, 1.165) is 42.7 Å². The van der Waals surface area contributed by atoms with Crippen molar-refractivity contribution in [3.8, 4) is 5.75 Å². The molecule has 1 atom stereocenters. The molecule has 0 radical (unpaired) electrons. The molecule has 0 aliphatic heterocycles. The second kappa shape index (κ2) is 6.62. The van der Waals surface area contributed by atoms with Crippen LogP contribution in [0.4, 0.5) is 0 Å². The summed E-state index contributed by atoms with van der Waals surface area (Å²) in [6.07, 6.45) is 4.48. The molecule has 3 aromatic rings. The molecule has 2 heterocycles. The highest BCUT2D eigenvalue weighted by molar-refractivity contribution is 6.06. The maximum atomic E-state index is 13.3. The van der Waals surface area contributed by atoms with E-state index in [0.29, 0.717) is 34.2 Å². The van der Waals surface area contributed by atoms with Crippen LogP contribution in [0.15, 0.2) is 34.9 Å². The highest BCUT2D eigenvalue weighted by Crippen LogP contribution is 2.42. The molecule has 2 aliphatic carbocycles. The maximum absolute atomic E-state index is 13.3. The number of nitrogens with one attached hydrogen (secondary N) is 1. The van der Waals surface area contributed by atoms with E-state index in [1.54, 1.807) is 7.11 Å². The van der Waals surface area contributed by atoms with Crippen molar-refractivity contribution in [3.05, 3.63) is 52.8 Å². The number of hydrogen-bond acceptors (Lipinski definition) is 5. The maximum Gasteiger partial charge on any atom is 0.259 e. The lowest BCUT2D eigenvalue weighted by atomic mass is 10.0. The molecule has 6 heteroatoms. The Labute approximate surface area is 163 Å². The zero-order valence-corrected chi connectivity index (χ0v) is 16.1. The van der Waals surface area contributed by atoms with Crippen LogP contribution in [0, 0.1) is 12.8 Å². The Morgan fingerprint density at radius 3 is 2.61 bits per heavy atom. The van der Waals surface area contributed by atoms with Crippen molar-refractivity contribution in [2.24, 2.45) is 5.92 Å². The minimum absolute atomic E-state index is 0.00818. The summed E-state index contributed by atoms with van der Waals surface area (Å²) >= 11 is 0. The van der Waals surface area contributed by atoms with E-state index in [2.05, 4.69) is 15.5 Å². The fourth-order valence-electron chi connectivity index (χ4n) is 3.81. The average molecular weight is 377 g/mol. The van der Waals surface area contributed by atoms with Crippen LogP contribution in [0.3, 0.4) is 0 Å². The van der Waals surface area contributed by atoms with Gasteiger partial charge in [0.25, 0.3) is 11.6 Å².